The fraction of sp³-hybridized carbons (Fsp3) is 0.192. The van der Waals surface area contributed by atoms with Gasteiger partial charge in [-0.3, -0.25) is 0 Å². The molecule has 0 radical (unpaired) electrons. The van der Waals surface area contributed by atoms with E-state index >= 15 is 0 Å². The molecular formula is C26H22F3NO2. The molecule has 4 rings (SSSR count). The number of rotatable bonds is 5. The standard InChI is InChI=1S/C26H22F3NO2/c1-17-16-22(24-15-12-19-6-3-4-8-23(19)30(17)24)21(7-5-9-25(31)32-2)18-10-13-20(14-11-18)26(27,28)29/h3-6,8-16,21H,7H2,1-2H3/b9-5+. The maximum atomic E-state index is 13.1. The lowest BCUT2D eigenvalue weighted by molar-refractivity contribution is -0.137. The Hall–Kier alpha value is -3.54. The Bertz CT molecular complexity index is 1300. The van der Waals surface area contributed by atoms with Crippen molar-refractivity contribution in [2.45, 2.75) is 25.4 Å². The highest BCUT2D eigenvalue weighted by Crippen LogP contribution is 2.37. The van der Waals surface area contributed by atoms with Gasteiger partial charge in [0.2, 0.25) is 0 Å². The maximum absolute atomic E-state index is 13.1. The molecule has 0 saturated heterocycles. The van der Waals surface area contributed by atoms with Crippen molar-refractivity contribution < 1.29 is 22.7 Å². The van der Waals surface area contributed by atoms with Gasteiger partial charge < -0.3 is 9.14 Å². The quantitative estimate of drug-likeness (QED) is 0.258. The van der Waals surface area contributed by atoms with Crippen molar-refractivity contribution in [2.75, 3.05) is 7.11 Å². The van der Waals surface area contributed by atoms with Crippen molar-refractivity contribution in [3.05, 3.63) is 101 Å². The number of fused-ring (bicyclic) bond motifs is 3. The molecule has 2 aromatic carbocycles. The van der Waals surface area contributed by atoms with Crippen LogP contribution in [0.3, 0.4) is 0 Å². The van der Waals surface area contributed by atoms with E-state index in [1.54, 1.807) is 6.08 Å². The molecule has 0 spiro atoms. The van der Waals surface area contributed by atoms with Crippen LogP contribution in [0.4, 0.5) is 13.2 Å². The summed E-state index contributed by atoms with van der Waals surface area (Å²) in [6, 6.07) is 19.4. The van der Waals surface area contributed by atoms with Crippen molar-refractivity contribution in [1.82, 2.24) is 4.40 Å². The zero-order valence-corrected chi connectivity index (χ0v) is 17.7. The summed E-state index contributed by atoms with van der Waals surface area (Å²) in [7, 11) is 1.30. The lowest BCUT2D eigenvalue weighted by Crippen LogP contribution is -2.06. The average molecular weight is 437 g/mol. The molecule has 32 heavy (non-hydrogen) atoms. The maximum Gasteiger partial charge on any atom is 0.416 e. The number of pyridine rings is 1. The van der Waals surface area contributed by atoms with Gasteiger partial charge in [0.05, 0.1) is 18.2 Å². The van der Waals surface area contributed by atoms with Crippen molar-refractivity contribution in [1.29, 1.82) is 0 Å². The van der Waals surface area contributed by atoms with E-state index < -0.39 is 17.7 Å². The first-order valence-corrected chi connectivity index (χ1v) is 10.2. The molecule has 0 aliphatic rings. The Morgan fingerprint density at radius 3 is 2.44 bits per heavy atom. The van der Waals surface area contributed by atoms with E-state index in [4.69, 9.17) is 0 Å². The smallest absolute Gasteiger partial charge is 0.416 e. The molecule has 0 bridgehead atoms. The van der Waals surface area contributed by atoms with Crippen LogP contribution in [0.1, 0.15) is 34.7 Å². The van der Waals surface area contributed by atoms with E-state index in [1.165, 1.54) is 25.3 Å². The van der Waals surface area contributed by atoms with Gasteiger partial charge in [0.25, 0.3) is 0 Å². The number of esters is 1. The Balaban J connectivity index is 1.84. The highest BCUT2D eigenvalue weighted by molar-refractivity contribution is 5.84. The normalized spacial score (nSPS) is 13.2. The van der Waals surface area contributed by atoms with E-state index in [2.05, 4.69) is 15.2 Å². The zero-order valence-electron chi connectivity index (χ0n) is 17.7. The van der Waals surface area contributed by atoms with Crippen LogP contribution in [0.5, 0.6) is 0 Å². The molecule has 1 unspecified atom stereocenters. The summed E-state index contributed by atoms with van der Waals surface area (Å²) in [6.07, 6.45) is -0.908. The molecule has 6 heteroatoms. The molecule has 0 fully saturated rings. The van der Waals surface area contributed by atoms with Gasteiger partial charge in [-0.1, -0.05) is 42.5 Å². The second-order valence-electron chi connectivity index (χ2n) is 7.69. The molecule has 0 aliphatic heterocycles. The van der Waals surface area contributed by atoms with Crippen LogP contribution < -0.4 is 0 Å². The van der Waals surface area contributed by atoms with Gasteiger partial charge in [-0.25, -0.2) is 4.79 Å². The number of hydrogen-bond donors (Lipinski definition) is 0. The van der Waals surface area contributed by atoms with Gasteiger partial charge in [0, 0.05) is 23.2 Å². The van der Waals surface area contributed by atoms with Crippen LogP contribution in [-0.2, 0) is 15.7 Å². The van der Waals surface area contributed by atoms with E-state index in [1.807, 2.05) is 43.3 Å². The molecule has 2 aromatic heterocycles. The van der Waals surface area contributed by atoms with E-state index in [9.17, 15) is 18.0 Å². The number of methoxy groups -OCH3 is 1. The molecule has 164 valence electrons. The van der Waals surface area contributed by atoms with Crippen molar-refractivity contribution in [3.63, 3.8) is 0 Å². The van der Waals surface area contributed by atoms with Crippen molar-refractivity contribution in [3.8, 4) is 0 Å². The number of hydrogen-bond acceptors (Lipinski definition) is 2. The predicted molar refractivity (Wildman–Crippen MR) is 119 cm³/mol. The third kappa shape index (κ3) is 4.13. The van der Waals surface area contributed by atoms with Crippen molar-refractivity contribution in [2.24, 2.45) is 0 Å². The minimum Gasteiger partial charge on any atom is -0.466 e. The predicted octanol–water partition coefficient (Wildman–Crippen LogP) is 6.67. The number of halogens is 3. The summed E-state index contributed by atoms with van der Waals surface area (Å²) in [5, 5.41) is 1.10. The molecule has 0 aliphatic carbocycles. The summed E-state index contributed by atoms with van der Waals surface area (Å²) in [5.74, 6) is -0.705. The van der Waals surface area contributed by atoms with Gasteiger partial charge in [-0.15, -0.1) is 0 Å². The Labute approximate surface area is 183 Å². The number of aryl methyl sites for hydroxylation is 1. The Morgan fingerprint density at radius 2 is 1.75 bits per heavy atom. The number of carbonyl (C=O) groups is 1. The van der Waals surface area contributed by atoms with Gasteiger partial charge in [-0.05, 0) is 60.2 Å². The van der Waals surface area contributed by atoms with Gasteiger partial charge in [0.1, 0.15) is 0 Å². The first-order chi connectivity index (χ1) is 15.3. The zero-order chi connectivity index (χ0) is 22.9. The van der Waals surface area contributed by atoms with Crippen LogP contribution in [0.2, 0.25) is 0 Å². The minimum absolute atomic E-state index is 0.233. The number of ether oxygens (including phenoxy) is 1. The molecule has 0 amide bonds. The van der Waals surface area contributed by atoms with E-state index in [0.29, 0.717) is 6.42 Å². The summed E-state index contributed by atoms with van der Waals surface area (Å²) < 4.78 is 46.0. The number of carbonyl (C=O) groups excluding carboxylic acids is 1. The molecule has 1 atom stereocenters. The minimum atomic E-state index is -4.39. The highest BCUT2D eigenvalue weighted by Gasteiger charge is 2.30. The van der Waals surface area contributed by atoms with Crippen LogP contribution in [0.15, 0.2) is 78.9 Å². The summed E-state index contributed by atoms with van der Waals surface area (Å²) in [5.41, 5.74) is 4.12. The lowest BCUT2D eigenvalue weighted by atomic mass is 9.88. The molecule has 2 heterocycles. The second kappa shape index (κ2) is 8.54. The first kappa shape index (κ1) is 21.7. The summed E-state index contributed by atoms with van der Waals surface area (Å²) >= 11 is 0. The number of allylic oxidation sites excluding steroid dienone is 1. The molecule has 0 N–H and O–H groups in total. The van der Waals surface area contributed by atoms with Crippen molar-refractivity contribution >= 4 is 22.4 Å². The summed E-state index contributed by atoms with van der Waals surface area (Å²) in [4.78, 5) is 11.5. The second-order valence-corrected chi connectivity index (χ2v) is 7.69. The number of benzene rings is 2. The molecule has 4 aromatic rings. The van der Waals surface area contributed by atoms with Gasteiger partial charge >= 0.3 is 12.1 Å². The van der Waals surface area contributed by atoms with Crippen LogP contribution in [-0.4, -0.2) is 17.5 Å². The fourth-order valence-electron chi connectivity index (χ4n) is 4.17. The number of alkyl halides is 3. The lowest BCUT2D eigenvalue weighted by Gasteiger charge is -2.17. The van der Waals surface area contributed by atoms with Gasteiger partial charge in [0.15, 0.2) is 0 Å². The van der Waals surface area contributed by atoms with Crippen LogP contribution >= 0.6 is 0 Å². The monoisotopic (exact) mass is 437 g/mol. The first-order valence-electron chi connectivity index (χ1n) is 10.2. The SMILES string of the molecule is COC(=O)/C=C/CC(c1ccc(C(F)(F)F)cc1)c1cc(C)n2c1ccc1ccccc12. The van der Waals surface area contributed by atoms with E-state index in [0.717, 1.165) is 45.4 Å². The van der Waals surface area contributed by atoms with Gasteiger partial charge in [-0.2, -0.15) is 13.2 Å². The number of aromatic nitrogens is 1. The van der Waals surface area contributed by atoms with Crippen LogP contribution in [0.25, 0.3) is 16.4 Å². The molecule has 3 nitrogen and oxygen atoms in total. The number of para-hydroxylation sites is 1. The molecule has 0 saturated carbocycles. The Morgan fingerprint density at radius 1 is 1.03 bits per heavy atom. The topological polar surface area (TPSA) is 30.7 Å². The summed E-state index contributed by atoms with van der Waals surface area (Å²) in [6.45, 7) is 2.01. The third-order valence-electron chi connectivity index (χ3n) is 5.69. The average Bonchev–Trinajstić information content (AvgIpc) is 3.12. The van der Waals surface area contributed by atoms with Crippen LogP contribution in [0, 0.1) is 6.92 Å². The highest BCUT2D eigenvalue weighted by atomic mass is 19.4. The fourth-order valence-corrected chi connectivity index (χ4v) is 4.17. The number of nitrogens with zero attached hydrogens (tertiary/aromatic N) is 1. The Kier molecular flexibility index (Phi) is 5.78. The molecular weight excluding hydrogens is 415 g/mol. The van der Waals surface area contributed by atoms with E-state index in [-0.39, 0.29) is 5.92 Å². The largest absolute Gasteiger partial charge is 0.466 e. The third-order valence-corrected chi connectivity index (χ3v) is 5.69.